The first-order valence-corrected chi connectivity index (χ1v) is 16.9. The molecule has 2 aliphatic rings. The number of halogens is 2. The van der Waals surface area contributed by atoms with Crippen molar-refractivity contribution in [3.05, 3.63) is 54.4 Å². The first kappa shape index (κ1) is 31.8. The summed E-state index contributed by atoms with van der Waals surface area (Å²) in [4.78, 5) is 21.5. The van der Waals surface area contributed by atoms with E-state index in [1.54, 1.807) is 6.33 Å². The van der Waals surface area contributed by atoms with Gasteiger partial charge in [-0.15, -0.1) is 9.24 Å². The summed E-state index contributed by atoms with van der Waals surface area (Å²) in [5.74, 6) is 0.514. The number of aromatic nitrogens is 6. The van der Waals surface area contributed by atoms with Gasteiger partial charge in [-0.25, -0.2) is 19.3 Å². The van der Waals surface area contributed by atoms with Crippen molar-refractivity contribution in [2.24, 2.45) is 0 Å². The van der Waals surface area contributed by atoms with Gasteiger partial charge in [-0.2, -0.15) is 5.10 Å². The molecule has 0 radical (unpaired) electrons. The Morgan fingerprint density at radius 1 is 1.23 bits per heavy atom. The molecule has 4 atom stereocenters. The second-order valence-corrected chi connectivity index (χ2v) is 13.9. The number of H-pyrrole nitrogens is 1. The van der Waals surface area contributed by atoms with Crippen LogP contribution in [0, 0.1) is 0 Å². The van der Waals surface area contributed by atoms with Gasteiger partial charge < -0.3 is 12.8 Å². The van der Waals surface area contributed by atoms with Crippen molar-refractivity contribution in [3.63, 3.8) is 0 Å². The number of aromatic amines is 1. The van der Waals surface area contributed by atoms with Gasteiger partial charge in [-0.1, -0.05) is 6.92 Å². The zero-order valence-corrected chi connectivity index (χ0v) is 28.6. The maximum absolute atomic E-state index is 15.1. The quantitative estimate of drug-likeness (QED) is 0.130. The largest absolute Gasteiger partial charge is 0.474 e. The van der Waals surface area contributed by atoms with Gasteiger partial charge in [-0.3, -0.25) is 14.5 Å². The van der Waals surface area contributed by atoms with Crippen LogP contribution in [-0.2, 0) is 21.5 Å². The molecule has 0 bridgehead atoms. The van der Waals surface area contributed by atoms with Crippen molar-refractivity contribution in [1.29, 1.82) is 0 Å². The number of nitrogens with one attached hydrogen (secondary N) is 1. The van der Waals surface area contributed by atoms with Crippen LogP contribution >= 0.6 is 32.2 Å². The molecular weight excluding hydrogens is 692 g/mol. The zero-order chi connectivity index (χ0) is 30.7. The second kappa shape index (κ2) is 14.1. The number of ether oxygens (including phenoxy) is 1. The highest BCUT2D eigenvalue weighted by Crippen LogP contribution is 2.32. The van der Waals surface area contributed by atoms with Gasteiger partial charge in [0.05, 0.1) is 30.7 Å². The number of piperidine rings is 1. The molecule has 0 aromatic carbocycles. The minimum atomic E-state index is -1.63. The summed E-state index contributed by atoms with van der Waals surface area (Å²) in [7, 11) is 3.80. The van der Waals surface area contributed by atoms with Crippen molar-refractivity contribution >= 4 is 51.1 Å². The minimum Gasteiger partial charge on any atom is -0.474 e. The van der Waals surface area contributed by atoms with Gasteiger partial charge in [0.2, 0.25) is 5.88 Å². The smallest absolute Gasteiger partial charge is 0.214 e. The molecule has 234 valence electrons. The summed E-state index contributed by atoms with van der Waals surface area (Å²) >= 11 is 1.97. The van der Waals surface area contributed by atoms with E-state index in [0.717, 1.165) is 92.7 Å². The van der Waals surface area contributed by atoms with Crippen LogP contribution in [0.25, 0.3) is 22.3 Å². The predicted molar refractivity (Wildman–Crippen MR) is 183 cm³/mol. The Kier molecular flexibility index (Phi) is 10.2. The number of fused-ring (bicyclic) bond motifs is 1. The Morgan fingerprint density at radius 3 is 2.84 bits per heavy atom. The molecule has 2 saturated heterocycles. The van der Waals surface area contributed by atoms with E-state index in [0.29, 0.717) is 30.3 Å². The van der Waals surface area contributed by atoms with Crippen LogP contribution in [0.4, 0.5) is 4.39 Å². The third-order valence-corrected chi connectivity index (χ3v) is 9.57. The Balaban J connectivity index is 1.08. The molecule has 0 amide bonds. The number of pyridine rings is 1. The van der Waals surface area contributed by atoms with E-state index in [2.05, 4.69) is 57.2 Å². The van der Waals surface area contributed by atoms with E-state index in [4.69, 9.17) is 7.80 Å². The van der Waals surface area contributed by atoms with E-state index in [1.165, 1.54) is 7.85 Å². The fourth-order valence-electron chi connectivity index (χ4n) is 6.50. The number of hydrogen-bond donors (Lipinski definition) is 1. The average Bonchev–Trinajstić information content (AvgIpc) is 3.78. The van der Waals surface area contributed by atoms with Gasteiger partial charge in [0.15, 0.2) is 7.85 Å². The lowest BCUT2D eigenvalue weighted by atomic mass is 9.96. The van der Waals surface area contributed by atoms with Crippen LogP contribution in [0.15, 0.2) is 43.1 Å². The molecule has 6 rings (SSSR count). The summed E-state index contributed by atoms with van der Waals surface area (Å²) in [5, 5.41) is 4.03. The molecule has 4 aromatic heterocycles. The standard InChI is InChI=1S/C30H40BFIN8O2P/c1-2-22(17-41-16-21(14-37-41)28-25-5-8-34-29(25)36-19-35-28)39-10-6-24(7-11-39)43-27-13-20(12-26(38-27)30(31,32)44)15-40-9-3-4-23(40)18-42-33/h5,8,12-14,16,19,22-24H,2-4,6-7,9-11,15,17-18,31,44H2,1H3,(H,34,35,36)/t22-,23?,30?/m0/s1. The highest BCUT2D eigenvalue weighted by atomic mass is 127. The van der Waals surface area contributed by atoms with Crippen molar-refractivity contribution < 1.29 is 12.2 Å². The highest BCUT2D eigenvalue weighted by Gasteiger charge is 2.29. The van der Waals surface area contributed by atoms with Gasteiger partial charge in [-0.05, 0) is 56.3 Å². The number of hydrogen-bond acceptors (Lipinski definition) is 8. The average molecular weight is 732 g/mol. The summed E-state index contributed by atoms with van der Waals surface area (Å²) < 4.78 is 28.9. The molecular formula is C30H40BFIN8O2P. The Morgan fingerprint density at radius 2 is 2.07 bits per heavy atom. The summed E-state index contributed by atoms with van der Waals surface area (Å²) in [5.41, 5.74) is 4.11. The van der Waals surface area contributed by atoms with Crippen LogP contribution < -0.4 is 4.74 Å². The summed E-state index contributed by atoms with van der Waals surface area (Å²) in [6.07, 6.45) is 12.5. The molecule has 1 N–H and O–H groups in total. The Hall–Kier alpha value is -2.19. The third kappa shape index (κ3) is 7.44. The normalized spacial score (nSPS) is 20.7. The third-order valence-electron chi connectivity index (χ3n) is 8.91. The maximum Gasteiger partial charge on any atom is 0.214 e. The fourth-order valence-corrected chi connectivity index (χ4v) is 7.06. The van der Waals surface area contributed by atoms with Gasteiger partial charge >= 0.3 is 0 Å². The molecule has 4 aromatic rings. The maximum atomic E-state index is 15.1. The number of likely N-dealkylation sites (tertiary alicyclic amines) is 2. The van der Waals surface area contributed by atoms with Gasteiger partial charge in [0.25, 0.3) is 0 Å². The molecule has 0 saturated carbocycles. The molecule has 10 nitrogen and oxygen atoms in total. The van der Waals surface area contributed by atoms with E-state index in [1.807, 2.05) is 58.3 Å². The Bertz CT molecular complexity index is 1540. The van der Waals surface area contributed by atoms with Crippen molar-refractivity contribution in [2.75, 3.05) is 26.2 Å². The van der Waals surface area contributed by atoms with E-state index >= 15 is 4.39 Å². The lowest BCUT2D eigenvalue weighted by molar-refractivity contribution is 0.0645. The highest BCUT2D eigenvalue weighted by molar-refractivity contribution is 14.1. The first-order valence-electron chi connectivity index (χ1n) is 15.5. The second-order valence-electron chi connectivity index (χ2n) is 12.1. The number of alkyl halides is 1. The minimum absolute atomic E-state index is 0.0412. The van der Waals surface area contributed by atoms with Crippen molar-refractivity contribution in [3.8, 4) is 17.1 Å². The zero-order valence-electron chi connectivity index (χ0n) is 25.3. The monoisotopic (exact) mass is 732 g/mol. The lowest BCUT2D eigenvalue weighted by Crippen LogP contribution is -2.45. The van der Waals surface area contributed by atoms with Crippen molar-refractivity contribution in [2.45, 2.75) is 75.6 Å². The molecule has 0 aliphatic carbocycles. The fraction of sp³-hybridized carbons (Fsp3) is 0.533. The van der Waals surface area contributed by atoms with E-state index in [-0.39, 0.29) is 6.10 Å². The topological polar surface area (TPSA) is 97.2 Å². The van der Waals surface area contributed by atoms with Gasteiger partial charge in [0.1, 0.15) is 46.4 Å². The SMILES string of the molecule is BC(F)(P)c1cc(CN2CCCC2COI)cc(OC2CCN([C@@H](CC)Cn3cc(-c4ncnc5[nH]ccc45)cn3)CC2)n1. The van der Waals surface area contributed by atoms with Crippen LogP contribution in [-0.4, -0.2) is 91.8 Å². The number of nitrogens with zero attached hydrogens (tertiary/aromatic N) is 7. The molecule has 0 spiro atoms. The lowest BCUT2D eigenvalue weighted by Gasteiger charge is -2.37. The van der Waals surface area contributed by atoms with Crippen LogP contribution in [0.1, 0.15) is 50.3 Å². The van der Waals surface area contributed by atoms with E-state index in [9.17, 15) is 0 Å². The molecule has 6 heterocycles. The van der Waals surface area contributed by atoms with Gasteiger partial charge in [0, 0.05) is 61.1 Å². The summed E-state index contributed by atoms with van der Waals surface area (Å²) in [6.45, 7) is 7.34. The number of rotatable bonds is 12. The van der Waals surface area contributed by atoms with Crippen LogP contribution in [0.5, 0.6) is 5.88 Å². The molecule has 44 heavy (non-hydrogen) atoms. The van der Waals surface area contributed by atoms with Crippen LogP contribution in [0.3, 0.4) is 0 Å². The first-order chi connectivity index (χ1) is 21.3. The summed E-state index contributed by atoms with van der Waals surface area (Å²) in [6, 6.07) is 6.61. The molecule has 2 fully saturated rings. The predicted octanol–water partition coefficient (Wildman–Crippen LogP) is 4.46. The molecule has 3 unspecified atom stereocenters. The molecule has 14 heteroatoms. The van der Waals surface area contributed by atoms with Crippen molar-refractivity contribution in [1.82, 2.24) is 39.5 Å². The molecule has 2 aliphatic heterocycles. The van der Waals surface area contributed by atoms with Crippen LogP contribution in [0.2, 0.25) is 0 Å². The van der Waals surface area contributed by atoms with E-state index < -0.39 is 5.31 Å². The Labute approximate surface area is 275 Å².